The Morgan fingerprint density at radius 3 is 2.29 bits per heavy atom. The van der Waals surface area contributed by atoms with Gasteiger partial charge in [0.1, 0.15) is 17.4 Å². The first-order chi connectivity index (χ1) is 18.5. The van der Waals surface area contributed by atoms with Crippen molar-refractivity contribution in [3.05, 3.63) is 119 Å². The summed E-state index contributed by atoms with van der Waals surface area (Å²) in [6.45, 7) is 3.97. The number of carbonyl (C=O) groups is 1. The molecule has 0 aliphatic rings. The van der Waals surface area contributed by atoms with Gasteiger partial charge in [0.05, 0.1) is 12.7 Å². The number of nitrogens with zero attached hydrogens (tertiary/aromatic N) is 3. The van der Waals surface area contributed by atoms with Crippen LogP contribution in [-0.2, 0) is 4.74 Å². The first-order valence-corrected chi connectivity index (χ1v) is 12.1. The number of nitriles is 1. The number of carbonyl (C=O) groups excluding carboxylic acids is 1. The molecule has 0 amide bonds. The van der Waals surface area contributed by atoms with Gasteiger partial charge in [-0.1, -0.05) is 66.7 Å². The first-order valence-electron chi connectivity index (χ1n) is 12.1. The van der Waals surface area contributed by atoms with Crippen molar-refractivity contribution >= 4 is 18.1 Å². The van der Waals surface area contributed by atoms with Crippen molar-refractivity contribution < 1.29 is 13.9 Å². The van der Waals surface area contributed by atoms with Crippen LogP contribution in [0.3, 0.4) is 0 Å². The summed E-state index contributed by atoms with van der Waals surface area (Å²) in [6, 6.07) is 31.1. The van der Waals surface area contributed by atoms with E-state index in [0.29, 0.717) is 16.9 Å². The smallest absolute Gasteiger partial charge is 0.337 e. The lowest BCUT2D eigenvalue weighted by Crippen LogP contribution is -2.04. The Morgan fingerprint density at radius 2 is 1.63 bits per heavy atom. The average molecular weight is 500 g/mol. The number of ether oxygens (including phenoxy) is 1. The molecule has 6 heteroatoms. The molecule has 2 aromatic heterocycles. The highest BCUT2D eigenvalue weighted by Gasteiger charge is 2.23. The molecule has 0 N–H and O–H groups in total. The van der Waals surface area contributed by atoms with Gasteiger partial charge >= 0.3 is 5.97 Å². The zero-order chi connectivity index (χ0) is 26.6. The van der Waals surface area contributed by atoms with Gasteiger partial charge in [0.2, 0.25) is 5.88 Å². The molecular formula is C32H25N3O3. The zero-order valence-electron chi connectivity index (χ0n) is 21.3. The summed E-state index contributed by atoms with van der Waals surface area (Å²) >= 11 is 0. The first kappa shape index (κ1) is 24.5. The molecule has 186 valence electrons. The molecular weight excluding hydrogens is 474 g/mol. The number of rotatable bonds is 6. The van der Waals surface area contributed by atoms with Crippen LogP contribution in [0.15, 0.2) is 100 Å². The third-order valence-electron chi connectivity index (χ3n) is 6.42. The van der Waals surface area contributed by atoms with Gasteiger partial charge in [0, 0.05) is 40.0 Å². The van der Waals surface area contributed by atoms with Crippen molar-refractivity contribution in [1.82, 2.24) is 4.57 Å². The monoisotopic (exact) mass is 499 g/mol. The highest BCUT2D eigenvalue weighted by Crippen LogP contribution is 2.42. The molecule has 38 heavy (non-hydrogen) atoms. The van der Waals surface area contributed by atoms with E-state index in [1.54, 1.807) is 18.3 Å². The van der Waals surface area contributed by atoms with Crippen LogP contribution < -0.4 is 0 Å². The second-order valence-corrected chi connectivity index (χ2v) is 8.79. The summed E-state index contributed by atoms with van der Waals surface area (Å²) in [6.07, 6.45) is 1.71. The number of benzene rings is 3. The molecule has 0 bridgehead atoms. The Hall–Kier alpha value is -5.15. The molecule has 0 saturated heterocycles. The van der Waals surface area contributed by atoms with Gasteiger partial charge in [-0.3, -0.25) is 0 Å². The minimum absolute atomic E-state index is 0.252. The molecule has 5 aromatic rings. The second kappa shape index (κ2) is 10.5. The molecule has 0 aliphatic carbocycles. The summed E-state index contributed by atoms with van der Waals surface area (Å²) in [4.78, 5) is 16.7. The van der Waals surface area contributed by atoms with Gasteiger partial charge in [-0.05, 0) is 43.7 Å². The molecule has 6 nitrogen and oxygen atoms in total. The van der Waals surface area contributed by atoms with Crippen LogP contribution in [0.1, 0.15) is 32.9 Å². The maximum absolute atomic E-state index is 12.0. The average Bonchev–Trinajstić information content (AvgIpc) is 3.48. The fraction of sp³-hybridized carbons (Fsp3) is 0.0938. The van der Waals surface area contributed by atoms with Crippen molar-refractivity contribution in [2.75, 3.05) is 7.11 Å². The fourth-order valence-electron chi connectivity index (χ4n) is 4.62. The molecule has 5 rings (SSSR count). The van der Waals surface area contributed by atoms with Crippen LogP contribution >= 0.6 is 0 Å². The minimum Gasteiger partial charge on any atom is -0.465 e. The number of aromatic nitrogens is 1. The SMILES string of the molecule is COC(=O)c1cccc(-n2c(C)cc(C=Nc3oc(-c4ccccc4)c(-c4ccccc4)c3C#N)c2C)c1. The number of hydrogen-bond acceptors (Lipinski definition) is 5. The van der Waals surface area contributed by atoms with Crippen LogP contribution in [0.2, 0.25) is 0 Å². The van der Waals surface area contributed by atoms with Gasteiger partial charge < -0.3 is 13.7 Å². The highest BCUT2D eigenvalue weighted by molar-refractivity contribution is 5.91. The Kier molecular flexibility index (Phi) is 6.75. The van der Waals surface area contributed by atoms with E-state index in [2.05, 4.69) is 11.1 Å². The predicted molar refractivity (Wildman–Crippen MR) is 148 cm³/mol. The van der Waals surface area contributed by atoms with Crippen molar-refractivity contribution in [2.24, 2.45) is 4.99 Å². The molecule has 0 spiro atoms. The lowest BCUT2D eigenvalue weighted by atomic mass is 9.98. The number of hydrogen-bond donors (Lipinski definition) is 0. The van der Waals surface area contributed by atoms with Gasteiger partial charge in [-0.2, -0.15) is 5.26 Å². The molecule has 0 fully saturated rings. The standard InChI is InChI=1S/C32H25N3O3/c1-21-17-26(22(2)35(21)27-16-10-15-25(18-27)32(36)37-3)20-34-31-28(19-33)29(23-11-6-4-7-12-23)30(38-31)24-13-8-5-9-14-24/h4-18,20H,1-3H3. The van der Waals surface area contributed by atoms with E-state index in [0.717, 1.165) is 39.3 Å². The van der Waals surface area contributed by atoms with E-state index in [4.69, 9.17) is 9.15 Å². The molecule has 2 heterocycles. The number of esters is 1. The third-order valence-corrected chi connectivity index (χ3v) is 6.42. The normalized spacial score (nSPS) is 11.0. The van der Waals surface area contributed by atoms with Gasteiger partial charge in [0.15, 0.2) is 0 Å². The van der Waals surface area contributed by atoms with E-state index in [1.807, 2.05) is 97.3 Å². The van der Waals surface area contributed by atoms with Gasteiger partial charge in [-0.25, -0.2) is 9.79 Å². The van der Waals surface area contributed by atoms with Crippen molar-refractivity contribution in [1.29, 1.82) is 5.26 Å². The maximum Gasteiger partial charge on any atom is 0.337 e. The maximum atomic E-state index is 12.0. The Bertz CT molecular complexity index is 1690. The van der Waals surface area contributed by atoms with E-state index >= 15 is 0 Å². The van der Waals surface area contributed by atoms with Crippen LogP contribution in [0.5, 0.6) is 0 Å². The largest absolute Gasteiger partial charge is 0.465 e. The zero-order valence-corrected chi connectivity index (χ0v) is 21.3. The minimum atomic E-state index is -0.388. The van der Waals surface area contributed by atoms with Crippen LogP contribution in [-0.4, -0.2) is 23.9 Å². The van der Waals surface area contributed by atoms with E-state index in [1.165, 1.54) is 7.11 Å². The van der Waals surface area contributed by atoms with E-state index in [-0.39, 0.29) is 11.9 Å². The summed E-state index contributed by atoms with van der Waals surface area (Å²) < 4.78 is 13.2. The third kappa shape index (κ3) is 4.54. The van der Waals surface area contributed by atoms with E-state index in [9.17, 15) is 10.1 Å². The Morgan fingerprint density at radius 1 is 0.947 bits per heavy atom. The number of methoxy groups -OCH3 is 1. The quantitative estimate of drug-likeness (QED) is 0.180. The van der Waals surface area contributed by atoms with E-state index < -0.39 is 0 Å². The van der Waals surface area contributed by atoms with Crippen molar-refractivity contribution in [2.45, 2.75) is 13.8 Å². The number of aliphatic imine (C=N–C) groups is 1. The van der Waals surface area contributed by atoms with Gasteiger partial charge in [-0.15, -0.1) is 0 Å². The summed E-state index contributed by atoms with van der Waals surface area (Å²) in [7, 11) is 1.37. The highest BCUT2D eigenvalue weighted by atomic mass is 16.5. The lowest BCUT2D eigenvalue weighted by molar-refractivity contribution is 0.0600. The molecule has 0 saturated carbocycles. The Labute approximate surface area is 221 Å². The van der Waals surface area contributed by atoms with Crippen LogP contribution in [0, 0.1) is 25.2 Å². The number of furan rings is 1. The van der Waals surface area contributed by atoms with Crippen molar-refractivity contribution in [3.63, 3.8) is 0 Å². The lowest BCUT2D eigenvalue weighted by Gasteiger charge is -2.10. The molecule has 3 aromatic carbocycles. The fourth-order valence-corrected chi connectivity index (χ4v) is 4.62. The molecule has 0 unspecified atom stereocenters. The van der Waals surface area contributed by atoms with Crippen LogP contribution in [0.4, 0.5) is 5.88 Å². The Balaban J connectivity index is 1.59. The van der Waals surface area contributed by atoms with Gasteiger partial charge in [0.25, 0.3) is 0 Å². The van der Waals surface area contributed by atoms with Crippen LogP contribution in [0.25, 0.3) is 28.1 Å². The molecule has 0 radical (unpaired) electrons. The molecule has 0 aliphatic heterocycles. The summed E-state index contributed by atoms with van der Waals surface area (Å²) in [5.74, 6) is 0.467. The summed E-state index contributed by atoms with van der Waals surface area (Å²) in [5.41, 5.74) is 6.95. The van der Waals surface area contributed by atoms with Crippen molar-refractivity contribution in [3.8, 4) is 34.2 Å². The predicted octanol–water partition coefficient (Wildman–Crippen LogP) is 7.43. The topological polar surface area (TPSA) is 80.5 Å². The second-order valence-electron chi connectivity index (χ2n) is 8.79. The summed E-state index contributed by atoms with van der Waals surface area (Å²) in [5, 5.41) is 10.1. The molecule has 0 atom stereocenters. The number of aryl methyl sites for hydroxylation is 1.